The third-order valence-electron chi connectivity index (χ3n) is 3.32. The Morgan fingerprint density at radius 3 is 2.81 bits per heavy atom. The van der Waals surface area contributed by atoms with Gasteiger partial charge >= 0.3 is 0 Å². The van der Waals surface area contributed by atoms with Crippen molar-refractivity contribution in [3.8, 4) is 11.1 Å². The van der Waals surface area contributed by atoms with Gasteiger partial charge in [-0.2, -0.15) is 0 Å². The van der Waals surface area contributed by atoms with Crippen LogP contribution in [0.25, 0.3) is 32.5 Å². The largest absolute Gasteiger partial charge is 0.256 e. The molecule has 21 heavy (non-hydrogen) atoms. The standard InChI is InChI=1S/C16H11BrN4/c17-12-5-6-15-14(7-8-19-16(15)9-12)13-4-2-1-3-11(13)10-20-21-18/h1-9H,10H2. The lowest BCUT2D eigenvalue weighted by molar-refractivity contribution is 1.05. The van der Waals surface area contributed by atoms with Crippen molar-refractivity contribution in [2.75, 3.05) is 0 Å². The van der Waals surface area contributed by atoms with Crippen molar-refractivity contribution in [1.82, 2.24) is 4.98 Å². The molecule has 3 aromatic rings. The van der Waals surface area contributed by atoms with Crippen LogP contribution in [0.5, 0.6) is 0 Å². The molecule has 1 aromatic heterocycles. The van der Waals surface area contributed by atoms with Gasteiger partial charge in [0.05, 0.1) is 12.1 Å². The third kappa shape index (κ3) is 2.75. The monoisotopic (exact) mass is 338 g/mol. The lowest BCUT2D eigenvalue weighted by Gasteiger charge is -2.10. The van der Waals surface area contributed by atoms with Gasteiger partial charge in [0.25, 0.3) is 0 Å². The normalized spacial score (nSPS) is 10.3. The molecule has 0 saturated carbocycles. The van der Waals surface area contributed by atoms with Gasteiger partial charge in [-0.05, 0) is 40.4 Å². The number of fused-ring (bicyclic) bond motifs is 1. The first-order valence-corrected chi connectivity index (χ1v) is 7.22. The lowest BCUT2D eigenvalue weighted by atomic mass is 9.97. The van der Waals surface area contributed by atoms with E-state index >= 15 is 0 Å². The number of rotatable bonds is 3. The van der Waals surface area contributed by atoms with E-state index in [1.807, 2.05) is 48.5 Å². The van der Waals surface area contributed by atoms with Crippen LogP contribution in [0.3, 0.4) is 0 Å². The first-order valence-electron chi connectivity index (χ1n) is 6.43. The highest BCUT2D eigenvalue weighted by molar-refractivity contribution is 9.10. The van der Waals surface area contributed by atoms with Crippen LogP contribution in [0, 0.1) is 0 Å². The summed E-state index contributed by atoms with van der Waals surface area (Å²) < 4.78 is 1.00. The molecule has 0 radical (unpaired) electrons. The molecule has 0 N–H and O–H groups in total. The zero-order valence-corrected chi connectivity index (χ0v) is 12.7. The highest BCUT2D eigenvalue weighted by Gasteiger charge is 2.08. The number of halogens is 1. The second kappa shape index (κ2) is 5.95. The Hall–Kier alpha value is -2.36. The second-order valence-electron chi connectivity index (χ2n) is 4.57. The molecular formula is C16H11BrN4. The van der Waals surface area contributed by atoms with Crippen molar-refractivity contribution >= 4 is 26.8 Å². The third-order valence-corrected chi connectivity index (χ3v) is 3.81. The van der Waals surface area contributed by atoms with Crippen LogP contribution in [-0.2, 0) is 6.54 Å². The van der Waals surface area contributed by atoms with Gasteiger partial charge in [0.15, 0.2) is 0 Å². The van der Waals surface area contributed by atoms with Gasteiger partial charge < -0.3 is 0 Å². The number of hydrogen-bond acceptors (Lipinski definition) is 2. The maximum absolute atomic E-state index is 8.53. The molecule has 0 bridgehead atoms. The van der Waals surface area contributed by atoms with Gasteiger partial charge in [-0.25, -0.2) is 0 Å². The summed E-state index contributed by atoms with van der Waals surface area (Å²) in [7, 11) is 0. The summed E-state index contributed by atoms with van der Waals surface area (Å²) in [6.07, 6.45) is 1.80. The van der Waals surface area contributed by atoms with Crippen LogP contribution in [0.2, 0.25) is 0 Å². The van der Waals surface area contributed by atoms with Crippen LogP contribution in [0.15, 0.2) is 64.3 Å². The summed E-state index contributed by atoms with van der Waals surface area (Å²) in [5.74, 6) is 0. The summed E-state index contributed by atoms with van der Waals surface area (Å²) in [6.45, 7) is 0.340. The van der Waals surface area contributed by atoms with Gasteiger partial charge in [0.2, 0.25) is 0 Å². The smallest absolute Gasteiger partial charge is 0.0719 e. The van der Waals surface area contributed by atoms with Gasteiger partial charge in [-0.3, -0.25) is 4.98 Å². The Morgan fingerprint density at radius 2 is 1.95 bits per heavy atom. The zero-order chi connectivity index (χ0) is 14.7. The Kier molecular flexibility index (Phi) is 3.86. The fraction of sp³-hybridized carbons (Fsp3) is 0.0625. The molecule has 102 valence electrons. The summed E-state index contributed by atoms with van der Waals surface area (Å²) in [4.78, 5) is 7.25. The summed E-state index contributed by atoms with van der Waals surface area (Å²) in [6, 6.07) is 16.0. The number of pyridine rings is 1. The fourth-order valence-electron chi connectivity index (χ4n) is 2.38. The van der Waals surface area contributed by atoms with Crippen molar-refractivity contribution in [2.24, 2.45) is 5.11 Å². The molecule has 3 rings (SSSR count). The van der Waals surface area contributed by atoms with E-state index in [1.165, 1.54) is 0 Å². The first-order chi connectivity index (χ1) is 10.3. The molecule has 0 unspecified atom stereocenters. The fourth-order valence-corrected chi connectivity index (χ4v) is 2.73. The highest BCUT2D eigenvalue weighted by atomic mass is 79.9. The molecule has 0 aliphatic rings. The van der Waals surface area contributed by atoms with E-state index in [1.54, 1.807) is 6.20 Å². The summed E-state index contributed by atoms with van der Waals surface area (Å²) >= 11 is 3.47. The Morgan fingerprint density at radius 1 is 1.10 bits per heavy atom. The quantitative estimate of drug-likeness (QED) is 0.354. The van der Waals surface area contributed by atoms with E-state index in [0.29, 0.717) is 6.54 Å². The molecule has 1 heterocycles. The average Bonchev–Trinajstić information content (AvgIpc) is 2.52. The van der Waals surface area contributed by atoms with Crippen LogP contribution >= 0.6 is 15.9 Å². The van der Waals surface area contributed by atoms with Gasteiger partial charge in [0, 0.05) is 21.0 Å². The molecule has 0 fully saturated rings. The van der Waals surface area contributed by atoms with Crippen molar-refractivity contribution in [2.45, 2.75) is 6.54 Å². The highest BCUT2D eigenvalue weighted by Crippen LogP contribution is 2.31. The number of hydrogen-bond donors (Lipinski definition) is 0. The number of aromatic nitrogens is 1. The topological polar surface area (TPSA) is 61.7 Å². The number of azide groups is 1. The van der Waals surface area contributed by atoms with Crippen LogP contribution in [-0.4, -0.2) is 4.98 Å². The minimum absolute atomic E-state index is 0.340. The van der Waals surface area contributed by atoms with E-state index in [9.17, 15) is 0 Å². The van der Waals surface area contributed by atoms with Gasteiger partial charge in [0.1, 0.15) is 0 Å². The molecular weight excluding hydrogens is 328 g/mol. The molecule has 0 aliphatic carbocycles. The maximum atomic E-state index is 8.53. The predicted molar refractivity (Wildman–Crippen MR) is 87.7 cm³/mol. The van der Waals surface area contributed by atoms with Gasteiger partial charge in [-0.1, -0.05) is 51.4 Å². The van der Waals surface area contributed by atoms with Crippen molar-refractivity contribution in [3.63, 3.8) is 0 Å². The Balaban J connectivity index is 2.23. The van der Waals surface area contributed by atoms with Crippen LogP contribution in [0.4, 0.5) is 0 Å². The minimum atomic E-state index is 0.340. The van der Waals surface area contributed by atoms with E-state index in [0.717, 1.165) is 32.1 Å². The molecule has 5 heteroatoms. The molecule has 0 aliphatic heterocycles. The summed E-state index contributed by atoms with van der Waals surface area (Å²) in [5, 5.41) is 4.76. The average molecular weight is 339 g/mol. The van der Waals surface area contributed by atoms with Crippen LogP contribution < -0.4 is 0 Å². The minimum Gasteiger partial charge on any atom is -0.256 e. The molecule has 0 spiro atoms. The lowest BCUT2D eigenvalue weighted by Crippen LogP contribution is -1.90. The molecule has 0 saturated heterocycles. The van der Waals surface area contributed by atoms with Crippen molar-refractivity contribution < 1.29 is 0 Å². The van der Waals surface area contributed by atoms with E-state index in [2.05, 4.69) is 30.9 Å². The summed E-state index contributed by atoms with van der Waals surface area (Å²) in [5.41, 5.74) is 12.6. The SMILES string of the molecule is [N-]=[N+]=NCc1ccccc1-c1ccnc2cc(Br)ccc12. The van der Waals surface area contributed by atoms with E-state index in [-0.39, 0.29) is 0 Å². The van der Waals surface area contributed by atoms with Crippen LogP contribution in [0.1, 0.15) is 5.56 Å². The van der Waals surface area contributed by atoms with Gasteiger partial charge in [-0.15, -0.1) is 0 Å². The maximum Gasteiger partial charge on any atom is 0.0719 e. The van der Waals surface area contributed by atoms with Crippen molar-refractivity contribution in [3.05, 3.63) is 75.2 Å². The molecule has 4 nitrogen and oxygen atoms in total. The van der Waals surface area contributed by atoms with E-state index < -0.39 is 0 Å². The molecule has 0 amide bonds. The van der Waals surface area contributed by atoms with Crippen molar-refractivity contribution in [1.29, 1.82) is 0 Å². The number of benzene rings is 2. The Labute approximate surface area is 130 Å². The second-order valence-corrected chi connectivity index (χ2v) is 5.48. The van der Waals surface area contributed by atoms with E-state index in [4.69, 9.17) is 5.53 Å². The molecule has 2 aromatic carbocycles. The zero-order valence-electron chi connectivity index (χ0n) is 11.1. The molecule has 0 atom stereocenters. The first kappa shape index (κ1) is 13.6. The number of nitrogens with zero attached hydrogens (tertiary/aromatic N) is 4. The predicted octanol–water partition coefficient (Wildman–Crippen LogP) is 5.47. The Bertz CT molecular complexity index is 854.